The second kappa shape index (κ2) is 6.24. The topological polar surface area (TPSA) is 89.2 Å². The number of amides is 1. The SMILES string of the molecule is Cc1cc(=O)cc(C(=O)NC(c2cnn(C)c2)C2CC(O)C2)n1C. The van der Waals surface area contributed by atoms with Crippen LogP contribution < -0.4 is 10.7 Å². The highest BCUT2D eigenvalue weighted by molar-refractivity contribution is 5.92. The van der Waals surface area contributed by atoms with Crippen molar-refractivity contribution in [1.82, 2.24) is 19.7 Å². The van der Waals surface area contributed by atoms with E-state index in [0.29, 0.717) is 18.5 Å². The maximum Gasteiger partial charge on any atom is 0.268 e. The van der Waals surface area contributed by atoms with Crippen LogP contribution in [0, 0.1) is 12.8 Å². The number of nitrogens with zero attached hydrogens (tertiary/aromatic N) is 3. The average molecular weight is 330 g/mol. The van der Waals surface area contributed by atoms with Gasteiger partial charge in [-0.05, 0) is 25.7 Å². The Hall–Kier alpha value is -2.41. The van der Waals surface area contributed by atoms with Gasteiger partial charge in [0.15, 0.2) is 5.43 Å². The van der Waals surface area contributed by atoms with E-state index >= 15 is 0 Å². The number of aromatic nitrogens is 3. The van der Waals surface area contributed by atoms with E-state index in [1.54, 1.807) is 29.4 Å². The third kappa shape index (κ3) is 3.12. The fourth-order valence-electron chi connectivity index (χ4n) is 3.18. The second-order valence-corrected chi connectivity index (χ2v) is 6.56. The summed E-state index contributed by atoms with van der Waals surface area (Å²) in [7, 11) is 3.58. The number of rotatable bonds is 4. The highest BCUT2D eigenvalue weighted by Gasteiger charge is 2.36. The monoisotopic (exact) mass is 330 g/mol. The molecule has 24 heavy (non-hydrogen) atoms. The van der Waals surface area contributed by atoms with Crippen LogP contribution in [0.1, 0.15) is 40.6 Å². The van der Waals surface area contributed by atoms with Gasteiger partial charge >= 0.3 is 0 Å². The van der Waals surface area contributed by atoms with Crippen molar-refractivity contribution in [3.63, 3.8) is 0 Å². The Morgan fingerprint density at radius 1 is 1.38 bits per heavy atom. The first kappa shape index (κ1) is 16.4. The molecule has 1 atom stereocenters. The summed E-state index contributed by atoms with van der Waals surface area (Å²) in [6.07, 6.45) is 4.57. The van der Waals surface area contributed by atoms with Crippen molar-refractivity contribution >= 4 is 5.91 Å². The Morgan fingerprint density at radius 2 is 2.08 bits per heavy atom. The minimum Gasteiger partial charge on any atom is -0.393 e. The zero-order chi connectivity index (χ0) is 17.4. The van der Waals surface area contributed by atoms with Crippen molar-refractivity contribution in [2.24, 2.45) is 20.0 Å². The summed E-state index contributed by atoms with van der Waals surface area (Å²) >= 11 is 0. The highest BCUT2D eigenvalue weighted by Crippen LogP contribution is 2.38. The first-order valence-electron chi connectivity index (χ1n) is 8.00. The Morgan fingerprint density at radius 3 is 2.67 bits per heavy atom. The van der Waals surface area contributed by atoms with Gasteiger partial charge in [0.05, 0.1) is 18.3 Å². The van der Waals surface area contributed by atoms with Gasteiger partial charge in [-0.2, -0.15) is 5.10 Å². The highest BCUT2D eigenvalue weighted by atomic mass is 16.3. The van der Waals surface area contributed by atoms with Gasteiger partial charge in [-0.25, -0.2) is 0 Å². The van der Waals surface area contributed by atoms with Crippen LogP contribution >= 0.6 is 0 Å². The summed E-state index contributed by atoms with van der Waals surface area (Å²) in [5.41, 5.74) is 1.77. The number of hydrogen-bond acceptors (Lipinski definition) is 4. The average Bonchev–Trinajstić information content (AvgIpc) is 2.91. The van der Waals surface area contributed by atoms with Crippen molar-refractivity contribution in [3.8, 4) is 0 Å². The van der Waals surface area contributed by atoms with Crippen molar-refractivity contribution in [1.29, 1.82) is 0 Å². The van der Waals surface area contributed by atoms with Gasteiger partial charge in [0.25, 0.3) is 5.91 Å². The zero-order valence-corrected chi connectivity index (χ0v) is 14.1. The van der Waals surface area contributed by atoms with E-state index in [1.807, 2.05) is 13.2 Å². The number of pyridine rings is 1. The molecular weight excluding hydrogens is 308 g/mol. The van der Waals surface area contributed by atoms with Crippen LogP contribution in [0.2, 0.25) is 0 Å². The molecule has 1 fully saturated rings. The Kier molecular flexibility index (Phi) is 4.28. The molecule has 0 aromatic carbocycles. The first-order chi connectivity index (χ1) is 11.3. The fraction of sp³-hybridized carbons (Fsp3) is 0.471. The van der Waals surface area contributed by atoms with Crippen LogP contribution in [0.5, 0.6) is 0 Å². The number of aryl methyl sites for hydroxylation is 2. The predicted molar refractivity (Wildman–Crippen MR) is 88.6 cm³/mol. The van der Waals surface area contributed by atoms with Gasteiger partial charge in [-0.1, -0.05) is 0 Å². The normalized spacial score (nSPS) is 21.2. The van der Waals surface area contributed by atoms with Gasteiger partial charge in [-0.3, -0.25) is 14.3 Å². The molecule has 0 aliphatic heterocycles. The molecule has 7 nitrogen and oxygen atoms in total. The number of nitrogens with one attached hydrogen (secondary N) is 1. The maximum atomic E-state index is 12.7. The number of carbonyl (C=O) groups is 1. The lowest BCUT2D eigenvalue weighted by Crippen LogP contribution is -2.42. The molecule has 0 saturated heterocycles. The summed E-state index contributed by atoms with van der Waals surface area (Å²) in [6, 6.07) is 2.61. The molecule has 3 rings (SSSR count). The van der Waals surface area contributed by atoms with Gasteiger partial charge < -0.3 is 15.0 Å². The summed E-state index contributed by atoms with van der Waals surface area (Å²) in [4.78, 5) is 24.5. The van der Waals surface area contributed by atoms with E-state index < -0.39 is 0 Å². The lowest BCUT2D eigenvalue weighted by Gasteiger charge is -2.37. The number of hydrogen-bond donors (Lipinski definition) is 2. The third-order valence-corrected chi connectivity index (χ3v) is 4.74. The van der Waals surface area contributed by atoms with E-state index in [0.717, 1.165) is 11.3 Å². The molecule has 1 aliphatic rings. The lowest BCUT2D eigenvalue weighted by atomic mass is 9.75. The van der Waals surface area contributed by atoms with Crippen molar-refractivity contribution < 1.29 is 9.90 Å². The molecular formula is C17H22N4O3. The van der Waals surface area contributed by atoms with Gasteiger partial charge in [-0.15, -0.1) is 0 Å². The quantitative estimate of drug-likeness (QED) is 0.862. The summed E-state index contributed by atoms with van der Waals surface area (Å²) in [5.74, 6) is -0.136. The molecule has 0 spiro atoms. The predicted octanol–water partition coefficient (Wildman–Crippen LogP) is 0.669. The third-order valence-electron chi connectivity index (χ3n) is 4.74. The van der Waals surface area contributed by atoms with Gasteiger partial charge in [0, 0.05) is 43.7 Å². The van der Waals surface area contributed by atoms with Crippen LogP contribution in [0.25, 0.3) is 0 Å². The number of aliphatic hydroxyl groups excluding tert-OH is 1. The largest absolute Gasteiger partial charge is 0.393 e. The second-order valence-electron chi connectivity index (χ2n) is 6.56. The summed E-state index contributed by atoms with van der Waals surface area (Å²) in [6.45, 7) is 1.79. The molecule has 1 aliphatic carbocycles. The molecule has 1 unspecified atom stereocenters. The molecule has 0 bridgehead atoms. The molecule has 0 radical (unpaired) electrons. The van der Waals surface area contributed by atoms with E-state index in [-0.39, 0.29) is 29.4 Å². The van der Waals surface area contributed by atoms with Crippen molar-refractivity contribution in [2.75, 3.05) is 0 Å². The number of aliphatic hydroxyl groups is 1. The number of carbonyl (C=O) groups excluding carboxylic acids is 1. The zero-order valence-electron chi connectivity index (χ0n) is 14.1. The smallest absolute Gasteiger partial charge is 0.268 e. The van der Waals surface area contributed by atoms with Crippen molar-refractivity contribution in [2.45, 2.75) is 31.9 Å². The Balaban J connectivity index is 1.87. The van der Waals surface area contributed by atoms with E-state index in [2.05, 4.69) is 10.4 Å². The molecule has 2 aromatic rings. The van der Waals surface area contributed by atoms with Crippen molar-refractivity contribution in [3.05, 3.63) is 51.7 Å². The minimum absolute atomic E-state index is 0.162. The molecule has 1 amide bonds. The van der Waals surface area contributed by atoms with E-state index in [9.17, 15) is 14.7 Å². The minimum atomic E-state index is -0.311. The van der Waals surface area contributed by atoms with Crippen LogP contribution in [0.4, 0.5) is 0 Å². The van der Waals surface area contributed by atoms with Gasteiger partial charge in [0.2, 0.25) is 0 Å². The van der Waals surface area contributed by atoms with Crippen LogP contribution in [-0.4, -0.2) is 31.5 Å². The van der Waals surface area contributed by atoms with E-state index in [1.165, 1.54) is 12.1 Å². The molecule has 2 aromatic heterocycles. The van der Waals surface area contributed by atoms with E-state index in [4.69, 9.17) is 0 Å². The van der Waals surface area contributed by atoms with Crippen LogP contribution in [-0.2, 0) is 14.1 Å². The maximum absolute atomic E-state index is 12.7. The molecule has 7 heteroatoms. The van der Waals surface area contributed by atoms with Gasteiger partial charge in [0.1, 0.15) is 5.69 Å². The Labute approximate surface area is 139 Å². The molecule has 2 heterocycles. The lowest BCUT2D eigenvalue weighted by molar-refractivity contribution is 0.0234. The first-order valence-corrected chi connectivity index (χ1v) is 8.00. The Bertz CT molecular complexity index is 817. The fourth-order valence-corrected chi connectivity index (χ4v) is 3.18. The van der Waals surface area contributed by atoms with Crippen LogP contribution in [0.15, 0.2) is 29.3 Å². The van der Waals surface area contributed by atoms with Crippen LogP contribution in [0.3, 0.4) is 0 Å². The molecule has 2 N–H and O–H groups in total. The standard InChI is InChI=1S/C17H22N4O3/c1-10-4-13(22)7-15(21(10)3)17(24)19-16(11-5-14(23)6-11)12-8-18-20(2)9-12/h4,7-9,11,14,16,23H,5-6H2,1-3H3,(H,19,24). The molecule has 1 saturated carbocycles. The summed E-state index contributed by atoms with van der Waals surface area (Å²) < 4.78 is 3.39. The summed E-state index contributed by atoms with van der Waals surface area (Å²) in [5, 5.41) is 16.8. The molecule has 128 valence electrons.